The summed E-state index contributed by atoms with van der Waals surface area (Å²) >= 11 is 0.794. The molecule has 1 fully saturated rings. The molecule has 31 heavy (non-hydrogen) atoms. The van der Waals surface area contributed by atoms with Crippen molar-refractivity contribution in [3.05, 3.63) is 58.8 Å². The molecule has 1 spiro atoms. The monoisotopic (exact) mass is 453 g/mol. The number of rotatable bonds is 3. The van der Waals surface area contributed by atoms with E-state index in [1.807, 2.05) is 0 Å². The van der Waals surface area contributed by atoms with Crippen molar-refractivity contribution in [1.29, 1.82) is 0 Å². The van der Waals surface area contributed by atoms with Crippen LogP contribution in [0.1, 0.15) is 17.5 Å². The largest absolute Gasteiger partial charge is 0.416 e. The normalized spacial score (nSPS) is 20.0. The number of halogens is 4. The Hall–Kier alpha value is -3.04. The molecule has 1 atom stereocenters. The molecule has 1 aromatic heterocycles. The lowest BCUT2D eigenvalue weighted by molar-refractivity contribution is -0.137. The van der Waals surface area contributed by atoms with Gasteiger partial charge in [-0.1, -0.05) is 23.6 Å². The fourth-order valence-electron chi connectivity index (χ4n) is 4.22. The Morgan fingerprint density at radius 1 is 1.35 bits per heavy atom. The summed E-state index contributed by atoms with van der Waals surface area (Å²) in [5.41, 5.74) is 2.38. The highest BCUT2D eigenvalue weighted by atomic mass is 32.1. The van der Waals surface area contributed by atoms with Crippen LogP contribution in [0.25, 0.3) is 0 Å². The zero-order chi connectivity index (χ0) is 22.4. The number of nitrogens with one attached hydrogen (secondary N) is 2. The van der Waals surface area contributed by atoms with E-state index >= 15 is 0 Å². The predicted octanol–water partition coefficient (Wildman–Crippen LogP) is 4.14. The van der Waals surface area contributed by atoms with Gasteiger partial charge < -0.3 is 20.4 Å². The number of hydrogen-bond acceptors (Lipinski definition) is 5. The first-order valence-electron chi connectivity index (χ1n) is 9.41. The summed E-state index contributed by atoms with van der Waals surface area (Å²) in [5.74, 6) is 0.352. The molecule has 6 nitrogen and oxygen atoms in total. The number of carbonyl (C=O) groups is 1. The number of urea groups is 1. The summed E-state index contributed by atoms with van der Waals surface area (Å²) in [6, 6.07) is 3.32. The average molecular weight is 453 g/mol. The van der Waals surface area contributed by atoms with Gasteiger partial charge in [0.1, 0.15) is 0 Å². The molecule has 2 aliphatic heterocycles. The molecule has 1 aromatic carbocycles. The maximum Gasteiger partial charge on any atom is 0.416 e. The van der Waals surface area contributed by atoms with Crippen LogP contribution in [0.15, 0.2) is 42.5 Å². The first-order chi connectivity index (χ1) is 14.7. The molecule has 2 aliphatic rings. The molecule has 0 unspecified atom stereocenters. The number of amides is 2. The highest BCUT2D eigenvalue weighted by molar-refractivity contribution is 7.14. The van der Waals surface area contributed by atoms with Gasteiger partial charge in [-0.3, -0.25) is 0 Å². The van der Waals surface area contributed by atoms with E-state index in [1.54, 1.807) is 9.80 Å². The van der Waals surface area contributed by atoms with Gasteiger partial charge in [0.25, 0.3) is 0 Å². The van der Waals surface area contributed by atoms with Gasteiger partial charge in [-0.05, 0) is 30.2 Å². The van der Waals surface area contributed by atoms with Crippen molar-refractivity contribution < 1.29 is 22.4 Å². The SMILES string of the molecule is C=C=C(Nc1ncc(F)s1)N1C[C@]2(CCN(C(=O)NC)C2)c2cc(C(F)(F)F)ccc21. The Bertz CT molecular complexity index is 1080. The second-order valence-corrected chi connectivity index (χ2v) is 8.42. The standard InChI is InChI=1S/C20H19F4N5OS/c1-3-16(27-17-26-9-15(21)31-17)29-11-19(6-7-28(10-19)18(30)25-2)13-8-12(20(22,23)24)4-5-14(13)29/h4-5,8-9H,1,6-7,10-11H2,2H3,(H,25,30)(H,26,27)/t19-/m1/s1. The number of aromatic nitrogens is 1. The van der Waals surface area contributed by atoms with Crippen LogP contribution in [-0.2, 0) is 11.6 Å². The number of anilines is 2. The highest BCUT2D eigenvalue weighted by Gasteiger charge is 2.50. The van der Waals surface area contributed by atoms with Crippen molar-refractivity contribution in [2.45, 2.75) is 18.0 Å². The van der Waals surface area contributed by atoms with Gasteiger partial charge >= 0.3 is 12.2 Å². The van der Waals surface area contributed by atoms with Crippen LogP contribution < -0.4 is 15.5 Å². The second kappa shape index (κ2) is 7.58. The molecular formula is C20H19F4N5OS. The van der Waals surface area contributed by atoms with E-state index in [0.29, 0.717) is 36.6 Å². The Morgan fingerprint density at radius 2 is 2.13 bits per heavy atom. The quantitative estimate of drug-likeness (QED) is 0.542. The summed E-state index contributed by atoms with van der Waals surface area (Å²) in [6.07, 6.45) is -2.92. The third-order valence-corrected chi connectivity index (χ3v) is 6.34. The van der Waals surface area contributed by atoms with Crippen molar-refractivity contribution in [1.82, 2.24) is 15.2 Å². The van der Waals surface area contributed by atoms with Crippen LogP contribution in [0.3, 0.4) is 0 Å². The number of benzene rings is 1. The number of hydrogen-bond donors (Lipinski definition) is 2. The summed E-state index contributed by atoms with van der Waals surface area (Å²) < 4.78 is 53.7. The lowest BCUT2D eigenvalue weighted by Crippen LogP contribution is -2.41. The Kier molecular flexibility index (Phi) is 5.18. The fourth-order valence-corrected chi connectivity index (χ4v) is 4.76. The third-order valence-electron chi connectivity index (χ3n) is 5.64. The minimum Gasteiger partial charge on any atom is -0.341 e. The first kappa shape index (κ1) is 21.2. The number of fused-ring (bicyclic) bond motifs is 2. The van der Waals surface area contributed by atoms with E-state index in [0.717, 1.165) is 29.7 Å². The van der Waals surface area contributed by atoms with Gasteiger partial charge in [0.05, 0.1) is 11.8 Å². The maximum absolute atomic E-state index is 13.4. The van der Waals surface area contributed by atoms with Crippen molar-refractivity contribution >= 4 is 28.2 Å². The Morgan fingerprint density at radius 3 is 2.74 bits per heavy atom. The topological polar surface area (TPSA) is 60.5 Å². The van der Waals surface area contributed by atoms with E-state index in [4.69, 9.17) is 0 Å². The van der Waals surface area contributed by atoms with Crippen LogP contribution in [0, 0.1) is 5.13 Å². The number of alkyl halides is 3. The van der Waals surface area contributed by atoms with E-state index in [9.17, 15) is 22.4 Å². The fraction of sp³-hybridized carbons (Fsp3) is 0.350. The van der Waals surface area contributed by atoms with E-state index < -0.39 is 22.3 Å². The molecule has 2 amide bonds. The molecule has 3 heterocycles. The third kappa shape index (κ3) is 3.75. The van der Waals surface area contributed by atoms with Gasteiger partial charge in [-0.2, -0.15) is 17.6 Å². The van der Waals surface area contributed by atoms with Gasteiger partial charge in [0.15, 0.2) is 16.1 Å². The van der Waals surface area contributed by atoms with Crippen LogP contribution in [0.4, 0.5) is 33.2 Å². The Labute approximate surface area is 179 Å². The lowest BCUT2D eigenvalue weighted by Gasteiger charge is -2.27. The second-order valence-electron chi connectivity index (χ2n) is 7.44. The molecule has 2 N–H and O–H groups in total. The maximum atomic E-state index is 13.4. The van der Waals surface area contributed by atoms with Crippen molar-refractivity contribution in [2.24, 2.45) is 0 Å². The Balaban J connectivity index is 1.75. The average Bonchev–Trinajstić information content (AvgIpc) is 3.43. The minimum atomic E-state index is -4.49. The lowest BCUT2D eigenvalue weighted by atomic mass is 9.81. The van der Waals surface area contributed by atoms with Crippen molar-refractivity contribution in [2.75, 3.05) is 36.9 Å². The summed E-state index contributed by atoms with van der Waals surface area (Å²) in [6.45, 7) is 4.68. The van der Waals surface area contributed by atoms with E-state index in [2.05, 4.69) is 27.9 Å². The van der Waals surface area contributed by atoms with Gasteiger partial charge in [0.2, 0.25) is 0 Å². The molecule has 0 radical (unpaired) electrons. The van der Waals surface area contributed by atoms with Crippen LogP contribution >= 0.6 is 11.3 Å². The molecular weight excluding hydrogens is 434 g/mol. The highest BCUT2D eigenvalue weighted by Crippen LogP contribution is 2.49. The van der Waals surface area contributed by atoms with Crippen molar-refractivity contribution in [3.8, 4) is 0 Å². The zero-order valence-corrected chi connectivity index (χ0v) is 17.3. The van der Waals surface area contributed by atoms with Crippen molar-refractivity contribution in [3.63, 3.8) is 0 Å². The number of carbonyl (C=O) groups excluding carboxylic acids is 1. The predicted molar refractivity (Wildman–Crippen MR) is 109 cm³/mol. The summed E-state index contributed by atoms with van der Waals surface area (Å²) in [4.78, 5) is 19.4. The van der Waals surface area contributed by atoms with Crippen LogP contribution in [0.2, 0.25) is 0 Å². The van der Waals surface area contributed by atoms with Gasteiger partial charge in [0, 0.05) is 37.8 Å². The molecule has 164 valence electrons. The number of thiazole rings is 1. The number of likely N-dealkylation sites (tertiary alicyclic amines) is 1. The van der Waals surface area contributed by atoms with Crippen LogP contribution in [-0.4, -0.2) is 42.6 Å². The summed E-state index contributed by atoms with van der Waals surface area (Å²) in [7, 11) is 1.51. The summed E-state index contributed by atoms with van der Waals surface area (Å²) in [5, 5.41) is 5.31. The zero-order valence-electron chi connectivity index (χ0n) is 16.5. The molecule has 11 heteroatoms. The molecule has 2 aromatic rings. The molecule has 4 rings (SSSR count). The minimum absolute atomic E-state index is 0.272. The smallest absolute Gasteiger partial charge is 0.341 e. The van der Waals surface area contributed by atoms with E-state index in [-0.39, 0.29) is 17.7 Å². The van der Waals surface area contributed by atoms with Gasteiger partial charge in [-0.15, -0.1) is 0 Å². The first-order valence-corrected chi connectivity index (χ1v) is 10.2. The molecule has 1 saturated heterocycles. The van der Waals surface area contributed by atoms with Gasteiger partial charge in [-0.25, -0.2) is 9.78 Å². The van der Waals surface area contributed by atoms with Crippen LogP contribution in [0.5, 0.6) is 0 Å². The number of nitrogens with zero attached hydrogens (tertiary/aromatic N) is 3. The van der Waals surface area contributed by atoms with E-state index in [1.165, 1.54) is 13.1 Å². The molecule has 0 aliphatic carbocycles. The molecule has 0 saturated carbocycles. The molecule has 0 bridgehead atoms.